The van der Waals surface area contributed by atoms with Gasteiger partial charge in [-0.15, -0.1) is 0 Å². The molecule has 0 aromatic heterocycles. The summed E-state index contributed by atoms with van der Waals surface area (Å²) in [6.07, 6.45) is 0.619. The smallest absolute Gasteiger partial charge is 0.387 e. The lowest BCUT2D eigenvalue weighted by atomic mass is 10.1. The predicted octanol–water partition coefficient (Wildman–Crippen LogP) is 1.49. The quantitative estimate of drug-likeness (QED) is 0.696. The summed E-state index contributed by atoms with van der Waals surface area (Å²) in [5.41, 5.74) is 1.94. The highest BCUT2D eigenvalue weighted by molar-refractivity contribution is 5.76. The number of carbonyl (C=O) groups excluding carboxylic acids is 1. The van der Waals surface area contributed by atoms with E-state index in [4.69, 9.17) is 0 Å². The lowest BCUT2D eigenvalue weighted by Gasteiger charge is -2.33. The molecule has 1 heterocycles. The molecule has 1 amide bonds. The van der Waals surface area contributed by atoms with Crippen LogP contribution in [-0.4, -0.2) is 51.8 Å². The van der Waals surface area contributed by atoms with E-state index in [1.165, 1.54) is 29.2 Å². The first-order valence-corrected chi connectivity index (χ1v) is 9.64. The molecule has 156 valence electrons. The molecule has 8 heteroatoms. The van der Waals surface area contributed by atoms with Crippen LogP contribution in [0.25, 0.3) is 0 Å². The molecule has 0 spiro atoms. The third-order valence-corrected chi connectivity index (χ3v) is 4.96. The number of piperazine rings is 1. The normalized spacial score (nSPS) is 14.8. The second-order valence-corrected chi connectivity index (χ2v) is 7.01. The van der Waals surface area contributed by atoms with Crippen LogP contribution >= 0.6 is 0 Å². The second kappa shape index (κ2) is 10.2. The van der Waals surface area contributed by atoms with E-state index in [1.54, 1.807) is 24.3 Å². The van der Waals surface area contributed by atoms with Crippen molar-refractivity contribution in [1.82, 2.24) is 5.32 Å². The van der Waals surface area contributed by atoms with Gasteiger partial charge in [-0.25, -0.2) is 4.39 Å². The number of ether oxygens (including phenoxy) is 1. The fraction of sp³-hybridized carbons (Fsp3) is 0.381. The summed E-state index contributed by atoms with van der Waals surface area (Å²) in [7, 11) is 0. The number of alkyl halides is 2. The maximum atomic E-state index is 13.0. The number of carbonyl (C=O) groups is 1. The first kappa shape index (κ1) is 21.0. The van der Waals surface area contributed by atoms with Crippen LogP contribution in [-0.2, 0) is 11.2 Å². The zero-order chi connectivity index (χ0) is 20.6. The minimum atomic E-state index is -2.83. The van der Waals surface area contributed by atoms with Gasteiger partial charge in [-0.05, 0) is 48.4 Å². The van der Waals surface area contributed by atoms with E-state index in [1.807, 2.05) is 0 Å². The number of amides is 1. The van der Waals surface area contributed by atoms with Gasteiger partial charge in [0.15, 0.2) is 6.54 Å². The van der Waals surface area contributed by atoms with Gasteiger partial charge < -0.3 is 19.9 Å². The molecule has 0 bridgehead atoms. The van der Waals surface area contributed by atoms with Gasteiger partial charge in [0.25, 0.3) is 5.91 Å². The Balaban J connectivity index is 1.34. The third-order valence-electron chi connectivity index (χ3n) is 4.96. The Morgan fingerprint density at radius 1 is 1.07 bits per heavy atom. The van der Waals surface area contributed by atoms with Crippen molar-refractivity contribution in [3.63, 3.8) is 0 Å². The number of hydrogen-bond acceptors (Lipinski definition) is 3. The van der Waals surface area contributed by atoms with Crippen LogP contribution < -0.4 is 19.9 Å². The molecule has 2 N–H and O–H groups in total. The lowest BCUT2D eigenvalue weighted by Crippen LogP contribution is -3.16. The molecule has 1 aliphatic rings. The summed E-state index contributed by atoms with van der Waals surface area (Å²) >= 11 is 0. The maximum Gasteiger partial charge on any atom is 0.387 e. The van der Waals surface area contributed by atoms with Gasteiger partial charge >= 0.3 is 6.61 Å². The summed E-state index contributed by atoms with van der Waals surface area (Å²) in [6, 6.07) is 12.9. The minimum Gasteiger partial charge on any atom is -0.435 e. The molecule has 1 aliphatic heterocycles. The van der Waals surface area contributed by atoms with E-state index in [9.17, 15) is 18.0 Å². The Morgan fingerprint density at radius 3 is 2.34 bits per heavy atom. The first-order chi connectivity index (χ1) is 14.0. The van der Waals surface area contributed by atoms with Crippen molar-refractivity contribution in [3.05, 3.63) is 59.9 Å². The van der Waals surface area contributed by atoms with Crippen LogP contribution in [0, 0.1) is 5.82 Å². The van der Waals surface area contributed by atoms with Crippen LogP contribution in [0.4, 0.5) is 18.9 Å². The standard InChI is InChI=1S/C21H24F3N3O2/c22-17-3-5-18(6-4-17)27-13-11-26(12-14-27)15-20(28)25-10-9-16-1-7-19(8-2-16)29-21(23)24/h1-8,21H,9-15H2,(H,25,28)/p+1. The molecular weight excluding hydrogens is 383 g/mol. The van der Waals surface area contributed by atoms with Crippen LogP contribution in [0.1, 0.15) is 5.56 Å². The number of nitrogens with one attached hydrogen (secondary N) is 2. The van der Waals surface area contributed by atoms with Gasteiger partial charge in [0.2, 0.25) is 0 Å². The van der Waals surface area contributed by atoms with Crippen LogP contribution in [0.2, 0.25) is 0 Å². The van der Waals surface area contributed by atoms with E-state index >= 15 is 0 Å². The number of quaternary nitrogens is 1. The van der Waals surface area contributed by atoms with Crippen molar-refractivity contribution in [2.24, 2.45) is 0 Å². The van der Waals surface area contributed by atoms with Crippen LogP contribution in [0.3, 0.4) is 0 Å². The molecule has 29 heavy (non-hydrogen) atoms. The molecule has 0 unspecified atom stereocenters. The second-order valence-electron chi connectivity index (χ2n) is 7.01. The van der Waals surface area contributed by atoms with E-state index in [0.717, 1.165) is 37.4 Å². The predicted molar refractivity (Wildman–Crippen MR) is 104 cm³/mol. The number of halogens is 3. The molecule has 2 aromatic rings. The molecule has 3 rings (SSSR count). The molecular formula is C21H25F3N3O2+. The molecule has 1 saturated heterocycles. The van der Waals surface area contributed by atoms with Gasteiger partial charge in [-0.2, -0.15) is 8.78 Å². The zero-order valence-corrected chi connectivity index (χ0v) is 16.0. The number of anilines is 1. The molecule has 5 nitrogen and oxygen atoms in total. The number of benzene rings is 2. The van der Waals surface area contributed by atoms with E-state index in [2.05, 4.69) is 15.0 Å². The topological polar surface area (TPSA) is 46.0 Å². The Hall–Kier alpha value is -2.74. The number of rotatable bonds is 8. The molecule has 0 aliphatic carbocycles. The van der Waals surface area contributed by atoms with Gasteiger partial charge in [0.1, 0.15) is 11.6 Å². The highest BCUT2D eigenvalue weighted by atomic mass is 19.3. The summed E-state index contributed by atoms with van der Waals surface area (Å²) in [5.74, 6) is -0.129. The van der Waals surface area contributed by atoms with Crippen molar-refractivity contribution >= 4 is 11.6 Å². The summed E-state index contributed by atoms with van der Waals surface area (Å²) in [5, 5.41) is 2.91. The van der Waals surface area contributed by atoms with Crippen molar-refractivity contribution in [3.8, 4) is 5.75 Å². The SMILES string of the molecule is O=C(C[NH+]1CCN(c2ccc(F)cc2)CC1)NCCc1ccc(OC(F)F)cc1. The van der Waals surface area contributed by atoms with Gasteiger partial charge in [0, 0.05) is 12.2 Å². The summed E-state index contributed by atoms with van der Waals surface area (Å²) in [6.45, 7) is 1.40. The Kier molecular flexibility index (Phi) is 7.35. The Bertz CT molecular complexity index is 777. The van der Waals surface area contributed by atoms with Crippen molar-refractivity contribution in [2.75, 3.05) is 44.2 Å². The monoisotopic (exact) mass is 408 g/mol. The molecule has 1 fully saturated rings. The lowest BCUT2D eigenvalue weighted by molar-refractivity contribution is -0.892. The van der Waals surface area contributed by atoms with Gasteiger partial charge in [-0.1, -0.05) is 12.1 Å². The summed E-state index contributed by atoms with van der Waals surface area (Å²) in [4.78, 5) is 15.6. The van der Waals surface area contributed by atoms with Gasteiger partial charge in [-0.3, -0.25) is 4.79 Å². The maximum absolute atomic E-state index is 13.0. The van der Waals surface area contributed by atoms with E-state index in [0.29, 0.717) is 19.5 Å². The molecule has 0 radical (unpaired) electrons. The van der Waals surface area contributed by atoms with Crippen LogP contribution in [0.15, 0.2) is 48.5 Å². The largest absolute Gasteiger partial charge is 0.435 e. The van der Waals surface area contributed by atoms with Crippen LogP contribution in [0.5, 0.6) is 5.75 Å². The van der Waals surface area contributed by atoms with E-state index in [-0.39, 0.29) is 17.5 Å². The highest BCUT2D eigenvalue weighted by Crippen LogP contribution is 2.15. The number of nitrogens with zero attached hydrogens (tertiary/aromatic N) is 1. The van der Waals surface area contributed by atoms with Crippen molar-refractivity contribution < 1.29 is 27.6 Å². The third kappa shape index (κ3) is 6.67. The van der Waals surface area contributed by atoms with E-state index < -0.39 is 6.61 Å². The average molecular weight is 408 g/mol. The highest BCUT2D eigenvalue weighted by Gasteiger charge is 2.22. The van der Waals surface area contributed by atoms with Crippen molar-refractivity contribution in [2.45, 2.75) is 13.0 Å². The summed E-state index contributed by atoms with van der Waals surface area (Å²) < 4.78 is 41.6. The van der Waals surface area contributed by atoms with Crippen molar-refractivity contribution in [1.29, 1.82) is 0 Å². The minimum absolute atomic E-state index is 0.00659. The fourth-order valence-electron chi connectivity index (χ4n) is 3.38. The van der Waals surface area contributed by atoms with Gasteiger partial charge in [0.05, 0.1) is 26.2 Å². The first-order valence-electron chi connectivity index (χ1n) is 9.64. The number of hydrogen-bond donors (Lipinski definition) is 2. The fourth-order valence-corrected chi connectivity index (χ4v) is 3.38. The Morgan fingerprint density at radius 2 is 1.72 bits per heavy atom. The average Bonchev–Trinajstić information content (AvgIpc) is 2.70. The molecule has 2 aromatic carbocycles. The molecule has 0 atom stereocenters. The Labute approximate surface area is 168 Å². The molecule has 0 saturated carbocycles. The zero-order valence-electron chi connectivity index (χ0n) is 16.0.